The van der Waals surface area contributed by atoms with E-state index in [4.69, 9.17) is 15.0 Å². The van der Waals surface area contributed by atoms with E-state index >= 15 is 4.39 Å². The van der Waals surface area contributed by atoms with Crippen LogP contribution in [0.25, 0.3) is 72.8 Å². The standard InChI is InChI=1S/C40H26F2N4/c1-25-16-21-37-33(22-25)32-14-8-9-15-36(32)46(37)29-18-20-30(31-19-17-28(41)23-35(31)42)34(24-29)40-44-38(26-10-4-2-5-11-26)43-39(45-40)27-12-6-3-7-13-27/h2-24H,1H3. The molecule has 0 amide bonds. The SMILES string of the molecule is Cc1ccc2c(c1)c1ccccc1n2-c1ccc(-c2ccc(F)cc2F)c(-c2nc(-c3ccccc3)nc(-c3ccccc3)n2)c1. The minimum absolute atomic E-state index is 0.253. The minimum Gasteiger partial charge on any atom is -0.309 e. The summed E-state index contributed by atoms with van der Waals surface area (Å²) in [4.78, 5) is 14.8. The molecule has 6 heteroatoms. The summed E-state index contributed by atoms with van der Waals surface area (Å²) >= 11 is 0. The van der Waals surface area contributed by atoms with Crippen molar-refractivity contribution in [2.75, 3.05) is 0 Å². The maximum atomic E-state index is 15.5. The van der Waals surface area contributed by atoms with Crippen LogP contribution in [0.1, 0.15) is 5.56 Å². The van der Waals surface area contributed by atoms with E-state index in [2.05, 4.69) is 41.8 Å². The highest BCUT2D eigenvalue weighted by atomic mass is 19.1. The van der Waals surface area contributed by atoms with Crippen molar-refractivity contribution in [3.63, 3.8) is 0 Å². The molecule has 0 aliphatic carbocycles. The van der Waals surface area contributed by atoms with Crippen LogP contribution >= 0.6 is 0 Å². The monoisotopic (exact) mass is 600 g/mol. The number of hydrogen-bond donors (Lipinski definition) is 0. The molecule has 0 spiro atoms. The van der Waals surface area contributed by atoms with Gasteiger partial charge in [0.15, 0.2) is 17.5 Å². The van der Waals surface area contributed by atoms with Crippen LogP contribution in [0.3, 0.4) is 0 Å². The number of nitrogens with zero attached hydrogens (tertiary/aromatic N) is 4. The molecular weight excluding hydrogens is 574 g/mol. The van der Waals surface area contributed by atoms with Gasteiger partial charge < -0.3 is 4.57 Å². The third kappa shape index (κ3) is 4.81. The second-order valence-electron chi connectivity index (χ2n) is 11.3. The first kappa shape index (κ1) is 27.5. The summed E-state index contributed by atoms with van der Waals surface area (Å²) in [6, 6.07) is 43.6. The molecule has 0 bridgehead atoms. The molecule has 0 fully saturated rings. The zero-order valence-corrected chi connectivity index (χ0v) is 24.8. The van der Waals surface area contributed by atoms with Gasteiger partial charge in [0.1, 0.15) is 11.6 Å². The van der Waals surface area contributed by atoms with E-state index in [1.54, 1.807) is 0 Å². The van der Waals surface area contributed by atoms with E-state index in [1.165, 1.54) is 17.7 Å². The second kappa shape index (κ2) is 11.2. The van der Waals surface area contributed by atoms with Crippen molar-refractivity contribution in [3.05, 3.63) is 157 Å². The Morgan fingerprint density at radius 2 is 1.09 bits per heavy atom. The molecule has 0 N–H and O–H groups in total. The van der Waals surface area contributed by atoms with Crippen molar-refractivity contribution in [3.8, 4) is 51.0 Å². The van der Waals surface area contributed by atoms with Crippen molar-refractivity contribution in [1.29, 1.82) is 0 Å². The van der Waals surface area contributed by atoms with Gasteiger partial charge in [0.05, 0.1) is 11.0 Å². The highest BCUT2D eigenvalue weighted by Gasteiger charge is 2.20. The third-order valence-electron chi connectivity index (χ3n) is 8.25. The van der Waals surface area contributed by atoms with Crippen molar-refractivity contribution in [2.24, 2.45) is 0 Å². The van der Waals surface area contributed by atoms with E-state index in [9.17, 15) is 4.39 Å². The average Bonchev–Trinajstić information content (AvgIpc) is 3.42. The fraction of sp³-hybridized carbons (Fsp3) is 0.0250. The van der Waals surface area contributed by atoms with Crippen LogP contribution < -0.4 is 0 Å². The molecule has 8 rings (SSSR count). The Labute approximate surface area is 264 Å². The molecule has 2 heterocycles. The van der Waals surface area contributed by atoms with Crippen molar-refractivity contribution >= 4 is 21.8 Å². The van der Waals surface area contributed by atoms with Gasteiger partial charge in [0.25, 0.3) is 0 Å². The first-order valence-electron chi connectivity index (χ1n) is 15.0. The minimum atomic E-state index is -0.665. The van der Waals surface area contributed by atoms with Crippen LogP contribution in [0.4, 0.5) is 8.78 Å². The molecular formula is C40H26F2N4. The van der Waals surface area contributed by atoms with Crippen molar-refractivity contribution in [2.45, 2.75) is 6.92 Å². The molecule has 0 atom stereocenters. The molecule has 0 radical (unpaired) electrons. The van der Waals surface area contributed by atoms with E-state index in [-0.39, 0.29) is 5.56 Å². The maximum Gasteiger partial charge on any atom is 0.164 e. The van der Waals surface area contributed by atoms with Gasteiger partial charge in [0.2, 0.25) is 0 Å². The lowest BCUT2D eigenvalue weighted by molar-refractivity contribution is 0.585. The van der Waals surface area contributed by atoms with Gasteiger partial charge in [-0.2, -0.15) is 0 Å². The molecule has 2 aromatic heterocycles. The van der Waals surface area contributed by atoms with Gasteiger partial charge in [-0.25, -0.2) is 23.7 Å². The molecule has 0 unspecified atom stereocenters. The number of benzene rings is 6. The molecule has 0 aliphatic heterocycles. The molecule has 0 saturated carbocycles. The van der Waals surface area contributed by atoms with Crippen LogP contribution in [-0.4, -0.2) is 19.5 Å². The van der Waals surface area contributed by atoms with Gasteiger partial charge in [0, 0.05) is 44.8 Å². The van der Waals surface area contributed by atoms with Gasteiger partial charge in [-0.3, -0.25) is 0 Å². The van der Waals surface area contributed by atoms with Gasteiger partial charge >= 0.3 is 0 Å². The summed E-state index contributed by atoms with van der Waals surface area (Å²) in [5.74, 6) is 0.0604. The topological polar surface area (TPSA) is 43.6 Å². The molecule has 8 aromatic rings. The maximum absolute atomic E-state index is 15.5. The molecule has 220 valence electrons. The Bertz CT molecular complexity index is 2340. The molecule has 6 aromatic carbocycles. The number of halogens is 2. The Morgan fingerprint density at radius 3 is 1.78 bits per heavy atom. The van der Waals surface area contributed by atoms with Crippen LogP contribution in [0.15, 0.2) is 140 Å². The number of para-hydroxylation sites is 1. The van der Waals surface area contributed by atoms with Crippen molar-refractivity contribution < 1.29 is 8.78 Å². The highest BCUT2D eigenvalue weighted by Crippen LogP contribution is 2.38. The van der Waals surface area contributed by atoms with Crippen LogP contribution in [0.5, 0.6) is 0 Å². The summed E-state index contributed by atoms with van der Waals surface area (Å²) in [5, 5.41) is 2.28. The predicted molar refractivity (Wildman–Crippen MR) is 181 cm³/mol. The zero-order chi connectivity index (χ0) is 31.2. The lowest BCUT2D eigenvalue weighted by atomic mass is 9.97. The fourth-order valence-corrected chi connectivity index (χ4v) is 6.09. The lowest BCUT2D eigenvalue weighted by Gasteiger charge is -2.16. The van der Waals surface area contributed by atoms with Crippen LogP contribution in [0.2, 0.25) is 0 Å². The third-order valence-corrected chi connectivity index (χ3v) is 8.25. The smallest absolute Gasteiger partial charge is 0.164 e. The van der Waals surface area contributed by atoms with E-state index in [0.29, 0.717) is 28.6 Å². The second-order valence-corrected chi connectivity index (χ2v) is 11.3. The predicted octanol–water partition coefficient (Wildman–Crippen LogP) is 10.2. The number of hydrogen-bond acceptors (Lipinski definition) is 3. The number of rotatable bonds is 5. The van der Waals surface area contributed by atoms with E-state index in [1.807, 2.05) is 91.0 Å². The Morgan fingerprint density at radius 1 is 0.478 bits per heavy atom. The first-order valence-corrected chi connectivity index (χ1v) is 15.0. The Kier molecular flexibility index (Phi) is 6.68. The van der Waals surface area contributed by atoms with Crippen LogP contribution in [-0.2, 0) is 0 Å². The fourth-order valence-electron chi connectivity index (χ4n) is 6.09. The number of fused-ring (bicyclic) bond motifs is 3. The normalized spacial score (nSPS) is 11.4. The first-order chi connectivity index (χ1) is 22.5. The summed E-state index contributed by atoms with van der Waals surface area (Å²) < 4.78 is 31.7. The van der Waals surface area contributed by atoms with E-state index in [0.717, 1.165) is 44.7 Å². The molecule has 4 nitrogen and oxygen atoms in total. The Hall–Kier alpha value is -6.01. The van der Waals surface area contributed by atoms with Crippen LogP contribution in [0, 0.1) is 18.6 Å². The average molecular weight is 601 g/mol. The van der Waals surface area contributed by atoms with Gasteiger partial charge in [-0.05, 0) is 55.0 Å². The highest BCUT2D eigenvalue weighted by molar-refractivity contribution is 6.09. The number of aryl methyl sites for hydroxylation is 1. The Balaban J connectivity index is 1.44. The summed E-state index contributed by atoms with van der Waals surface area (Å²) in [6.45, 7) is 2.09. The number of aromatic nitrogens is 4. The van der Waals surface area contributed by atoms with Gasteiger partial charge in [-0.15, -0.1) is 0 Å². The van der Waals surface area contributed by atoms with Gasteiger partial charge in [-0.1, -0.05) is 96.6 Å². The largest absolute Gasteiger partial charge is 0.309 e. The molecule has 0 saturated heterocycles. The quantitative estimate of drug-likeness (QED) is 0.197. The van der Waals surface area contributed by atoms with Crippen molar-refractivity contribution in [1.82, 2.24) is 19.5 Å². The van der Waals surface area contributed by atoms with E-state index < -0.39 is 11.6 Å². The lowest BCUT2D eigenvalue weighted by Crippen LogP contribution is -2.03. The summed E-state index contributed by atoms with van der Waals surface area (Å²) in [7, 11) is 0. The molecule has 46 heavy (non-hydrogen) atoms. The zero-order valence-electron chi connectivity index (χ0n) is 24.8. The summed E-state index contributed by atoms with van der Waals surface area (Å²) in [6.07, 6.45) is 0. The summed E-state index contributed by atoms with van der Waals surface area (Å²) in [5.41, 5.74) is 7.16. The molecule has 0 aliphatic rings.